The van der Waals surface area contributed by atoms with Crippen LogP contribution in [0.3, 0.4) is 0 Å². The number of furan rings is 1. The van der Waals surface area contributed by atoms with Crippen LogP contribution in [0.2, 0.25) is 0 Å². The molecule has 0 bridgehead atoms. The maximum atomic E-state index is 12.2. The number of methoxy groups -OCH3 is 1. The van der Waals surface area contributed by atoms with Gasteiger partial charge in [0.05, 0.1) is 19.6 Å². The third kappa shape index (κ3) is 4.04. The van der Waals surface area contributed by atoms with Gasteiger partial charge >= 0.3 is 0 Å². The zero-order chi connectivity index (χ0) is 15.4. The van der Waals surface area contributed by atoms with Crippen molar-refractivity contribution >= 4 is 22.8 Å². The number of ketones is 1. The summed E-state index contributed by atoms with van der Waals surface area (Å²) in [6.07, 6.45) is 5.04. The summed E-state index contributed by atoms with van der Waals surface area (Å²) in [5, 5.41) is 0. The Kier molecular flexibility index (Phi) is 5.65. The van der Waals surface area contributed by atoms with Crippen LogP contribution in [0.1, 0.15) is 10.4 Å². The number of nitrogens with zero attached hydrogens (tertiary/aromatic N) is 2. The van der Waals surface area contributed by atoms with E-state index in [4.69, 9.17) is 9.15 Å². The highest BCUT2D eigenvalue weighted by molar-refractivity contribution is 8.93. The summed E-state index contributed by atoms with van der Waals surface area (Å²) in [6.45, 7) is 0.234. The van der Waals surface area contributed by atoms with E-state index >= 15 is 0 Å². The molecule has 23 heavy (non-hydrogen) atoms. The van der Waals surface area contributed by atoms with Gasteiger partial charge in [0.1, 0.15) is 5.75 Å². The molecule has 3 aromatic rings. The minimum absolute atomic E-state index is 0. The Labute approximate surface area is 144 Å². The summed E-state index contributed by atoms with van der Waals surface area (Å²) < 4.78 is 12.1. The predicted octanol–water partition coefficient (Wildman–Crippen LogP) is 3.10. The Balaban J connectivity index is 0.00000192. The van der Waals surface area contributed by atoms with Crippen LogP contribution in [-0.4, -0.2) is 17.9 Å². The monoisotopic (exact) mass is 375 g/mol. The average molecular weight is 376 g/mol. The molecule has 2 heterocycles. The highest BCUT2D eigenvalue weighted by atomic mass is 79.9. The molecule has 0 unspecified atom stereocenters. The molecule has 2 aromatic heterocycles. The van der Waals surface area contributed by atoms with Gasteiger partial charge in [-0.05, 0) is 41.4 Å². The van der Waals surface area contributed by atoms with Gasteiger partial charge in [0.25, 0.3) is 6.33 Å². The second-order valence-electron chi connectivity index (χ2n) is 4.75. The quantitative estimate of drug-likeness (QED) is 0.507. The Morgan fingerprint density at radius 2 is 2.00 bits per heavy atom. The van der Waals surface area contributed by atoms with Crippen molar-refractivity contribution in [3.63, 3.8) is 0 Å². The minimum atomic E-state index is 0. The summed E-state index contributed by atoms with van der Waals surface area (Å²) >= 11 is 0. The normalized spacial score (nSPS) is 9.96. The molecule has 1 aromatic carbocycles. The van der Waals surface area contributed by atoms with Gasteiger partial charge in [0.15, 0.2) is 12.3 Å². The summed E-state index contributed by atoms with van der Waals surface area (Å²) in [5.74, 6) is 1.45. The number of hydrogen-bond acceptors (Lipinski definition) is 4. The van der Waals surface area contributed by atoms with Crippen LogP contribution in [0, 0.1) is 0 Å². The first-order chi connectivity index (χ1) is 10.8. The number of hydrogen-bond donors (Lipinski definition) is 0. The van der Waals surface area contributed by atoms with Gasteiger partial charge in [-0.3, -0.25) is 4.79 Å². The molecule has 0 radical (unpaired) electrons. The molecule has 0 N–H and O–H groups in total. The second-order valence-corrected chi connectivity index (χ2v) is 4.75. The smallest absolute Gasteiger partial charge is 0.287 e. The molecule has 0 saturated heterocycles. The van der Waals surface area contributed by atoms with Crippen molar-refractivity contribution in [1.82, 2.24) is 4.98 Å². The second kappa shape index (κ2) is 7.69. The molecule has 6 heteroatoms. The highest BCUT2D eigenvalue weighted by Gasteiger charge is 2.12. The summed E-state index contributed by atoms with van der Waals surface area (Å²) in [7, 11) is 1.60. The largest absolute Gasteiger partial charge is 0.497 e. The lowest BCUT2D eigenvalue weighted by atomic mass is 10.1. The average Bonchev–Trinajstić information content (AvgIpc) is 3.10. The molecule has 0 fully saturated rings. The molecule has 0 aliphatic carbocycles. The predicted molar refractivity (Wildman–Crippen MR) is 89.8 cm³/mol. The van der Waals surface area contributed by atoms with Crippen molar-refractivity contribution in [2.75, 3.05) is 7.11 Å². The molecule has 0 aliphatic heterocycles. The lowest BCUT2D eigenvalue weighted by Gasteiger charge is -2.02. The zero-order valence-electron chi connectivity index (χ0n) is 12.5. The van der Waals surface area contributed by atoms with Gasteiger partial charge in [-0.1, -0.05) is 0 Å². The van der Waals surface area contributed by atoms with Crippen molar-refractivity contribution in [1.29, 1.82) is 0 Å². The number of rotatable bonds is 5. The maximum absolute atomic E-state index is 12.2. The van der Waals surface area contributed by atoms with E-state index in [9.17, 15) is 4.79 Å². The highest BCUT2D eigenvalue weighted by Crippen LogP contribution is 2.15. The van der Waals surface area contributed by atoms with Crippen molar-refractivity contribution in [3.8, 4) is 17.2 Å². The van der Waals surface area contributed by atoms with Crippen LogP contribution < -0.4 is 9.30 Å². The van der Waals surface area contributed by atoms with Gasteiger partial charge in [0, 0.05) is 11.6 Å². The number of carbonyl (C=O) groups is 1. The summed E-state index contributed by atoms with van der Waals surface area (Å²) in [5.41, 5.74) is 1.38. The molecular weight excluding hydrogens is 360 g/mol. The third-order valence-electron chi connectivity index (χ3n) is 3.28. The topological polar surface area (TPSA) is 56.2 Å². The van der Waals surface area contributed by atoms with Crippen LogP contribution in [0.4, 0.5) is 0 Å². The Hall–Kier alpha value is -2.47. The molecule has 5 nitrogen and oxygen atoms in total. The van der Waals surface area contributed by atoms with E-state index in [0.717, 1.165) is 11.4 Å². The molecule has 118 valence electrons. The lowest BCUT2D eigenvalue weighted by molar-refractivity contribution is -0.686. The Bertz CT molecular complexity index is 754. The SMILES string of the molecule is Br.COc1ccc(C(=O)C[n+]2ccc(-c3ccco3)nc2)cc1. The molecule has 0 saturated carbocycles. The zero-order valence-corrected chi connectivity index (χ0v) is 14.2. The molecule has 0 aliphatic rings. The Morgan fingerprint density at radius 3 is 2.57 bits per heavy atom. The molecular formula is C17H16BrN2O3+. The third-order valence-corrected chi connectivity index (χ3v) is 3.28. The molecule has 3 rings (SSSR count). The lowest BCUT2D eigenvalue weighted by Crippen LogP contribution is -2.37. The van der Waals surface area contributed by atoms with E-state index in [1.54, 1.807) is 48.5 Å². The van der Waals surface area contributed by atoms with Crippen molar-refractivity contribution in [2.45, 2.75) is 6.54 Å². The van der Waals surface area contributed by atoms with E-state index in [-0.39, 0.29) is 29.3 Å². The van der Waals surface area contributed by atoms with Crippen LogP contribution in [0.5, 0.6) is 5.75 Å². The number of halogens is 1. The summed E-state index contributed by atoms with van der Waals surface area (Å²) in [6, 6.07) is 12.5. The molecule has 0 amide bonds. The van der Waals surface area contributed by atoms with Crippen LogP contribution in [0.25, 0.3) is 11.5 Å². The van der Waals surface area contributed by atoms with Crippen molar-refractivity contribution in [3.05, 3.63) is 66.8 Å². The first kappa shape index (κ1) is 16.9. The minimum Gasteiger partial charge on any atom is -0.497 e. The van der Waals surface area contributed by atoms with E-state index in [2.05, 4.69) is 4.98 Å². The number of Topliss-reactive ketones (excluding diaryl/α,β-unsaturated/α-hetero) is 1. The fraction of sp³-hybridized carbons (Fsp3) is 0.118. The van der Waals surface area contributed by atoms with E-state index in [1.807, 2.05) is 24.4 Å². The van der Waals surface area contributed by atoms with Gasteiger partial charge in [-0.15, -0.1) is 17.0 Å². The fourth-order valence-corrected chi connectivity index (χ4v) is 2.08. The van der Waals surface area contributed by atoms with E-state index in [1.165, 1.54) is 0 Å². The first-order valence-electron chi connectivity index (χ1n) is 6.82. The standard InChI is InChI=1S/C17H15N2O3.BrH/c1-21-14-6-4-13(5-7-14)16(20)11-19-9-8-15(18-12-19)17-3-2-10-22-17;/h2-10,12H,11H2,1H3;1H/q+1;. The van der Waals surface area contributed by atoms with Gasteiger partial charge in [0.2, 0.25) is 11.5 Å². The van der Waals surface area contributed by atoms with E-state index in [0.29, 0.717) is 11.3 Å². The number of benzene rings is 1. The van der Waals surface area contributed by atoms with Gasteiger partial charge in [-0.25, -0.2) is 4.57 Å². The molecule has 0 spiro atoms. The first-order valence-corrected chi connectivity index (χ1v) is 6.82. The van der Waals surface area contributed by atoms with Crippen molar-refractivity contribution < 1.29 is 18.5 Å². The maximum Gasteiger partial charge on any atom is 0.287 e. The van der Waals surface area contributed by atoms with Crippen LogP contribution in [0.15, 0.2) is 65.7 Å². The van der Waals surface area contributed by atoms with Gasteiger partial charge in [-0.2, -0.15) is 0 Å². The Morgan fingerprint density at radius 1 is 1.22 bits per heavy atom. The van der Waals surface area contributed by atoms with Crippen molar-refractivity contribution in [2.24, 2.45) is 0 Å². The molecule has 0 atom stereocenters. The number of ether oxygens (including phenoxy) is 1. The van der Waals surface area contributed by atoms with Crippen LogP contribution in [-0.2, 0) is 6.54 Å². The van der Waals surface area contributed by atoms with Crippen LogP contribution >= 0.6 is 17.0 Å². The number of carbonyl (C=O) groups excluding carboxylic acids is 1. The van der Waals surface area contributed by atoms with Gasteiger partial charge < -0.3 is 9.15 Å². The number of aromatic nitrogens is 2. The van der Waals surface area contributed by atoms with E-state index < -0.39 is 0 Å². The fourth-order valence-electron chi connectivity index (χ4n) is 2.08. The summed E-state index contributed by atoms with van der Waals surface area (Å²) in [4.78, 5) is 16.5.